The Morgan fingerprint density at radius 1 is 1.27 bits per heavy atom. The lowest BCUT2D eigenvalue weighted by atomic mass is 9.98. The van der Waals surface area contributed by atoms with Gasteiger partial charge in [0.05, 0.1) is 45.2 Å². The standard InChI is InChI=1S/C16H27NO5/c1-3-16(11-18,12-19)17-8-14(20)10-22-9-13-5-4-6-15(7-13)21-2/h4-7,14,17-20H,3,8-12H2,1-2H3/t14-/m1/s1. The zero-order valence-corrected chi connectivity index (χ0v) is 13.3. The second-order valence-corrected chi connectivity index (χ2v) is 5.35. The van der Waals surface area contributed by atoms with Crippen molar-refractivity contribution in [1.29, 1.82) is 0 Å². The fourth-order valence-electron chi connectivity index (χ4n) is 1.98. The molecule has 0 spiro atoms. The maximum atomic E-state index is 9.90. The van der Waals surface area contributed by atoms with Crippen LogP contribution in [0.2, 0.25) is 0 Å². The summed E-state index contributed by atoms with van der Waals surface area (Å²) < 4.78 is 10.6. The van der Waals surface area contributed by atoms with E-state index >= 15 is 0 Å². The van der Waals surface area contributed by atoms with Crippen molar-refractivity contribution in [2.45, 2.75) is 31.6 Å². The highest BCUT2D eigenvalue weighted by molar-refractivity contribution is 5.27. The van der Waals surface area contributed by atoms with Gasteiger partial charge in [-0.05, 0) is 24.1 Å². The summed E-state index contributed by atoms with van der Waals surface area (Å²) in [5, 5.41) is 31.5. The van der Waals surface area contributed by atoms with Crippen LogP contribution in [0.15, 0.2) is 24.3 Å². The number of β-amino-alcohol motifs (C(OH)–C–C–N with tert-alkyl or cyclic N) is 1. The van der Waals surface area contributed by atoms with Gasteiger partial charge in [0, 0.05) is 6.54 Å². The number of ether oxygens (including phenoxy) is 2. The Bertz CT molecular complexity index is 414. The summed E-state index contributed by atoms with van der Waals surface area (Å²) in [5.41, 5.74) is 0.210. The molecule has 0 aromatic heterocycles. The lowest BCUT2D eigenvalue weighted by Gasteiger charge is -2.30. The molecule has 1 aromatic rings. The maximum Gasteiger partial charge on any atom is 0.119 e. The second kappa shape index (κ2) is 9.76. The van der Waals surface area contributed by atoms with Gasteiger partial charge in [-0.3, -0.25) is 0 Å². The molecule has 1 aromatic carbocycles. The molecule has 0 bridgehead atoms. The largest absolute Gasteiger partial charge is 0.497 e. The Labute approximate surface area is 131 Å². The van der Waals surface area contributed by atoms with Crippen LogP contribution in [0.4, 0.5) is 0 Å². The van der Waals surface area contributed by atoms with Gasteiger partial charge in [-0.1, -0.05) is 19.1 Å². The Morgan fingerprint density at radius 3 is 2.59 bits per heavy atom. The summed E-state index contributed by atoms with van der Waals surface area (Å²) in [6.07, 6.45) is -0.146. The van der Waals surface area contributed by atoms with Crippen LogP contribution in [0.5, 0.6) is 5.75 Å². The van der Waals surface area contributed by atoms with Crippen LogP contribution < -0.4 is 10.1 Å². The van der Waals surface area contributed by atoms with Gasteiger partial charge in [0.1, 0.15) is 5.75 Å². The van der Waals surface area contributed by atoms with Crippen molar-refractivity contribution >= 4 is 0 Å². The summed E-state index contributed by atoms with van der Waals surface area (Å²) in [4.78, 5) is 0. The van der Waals surface area contributed by atoms with Gasteiger partial charge in [0.2, 0.25) is 0 Å². The van der Waals surface area contributed by atoms with Crippen molar-refractivity contribution in [3.63, 3.8) is 0 Å². The molecule has 1 rings (SSSR count). The third-order valence-corrected chi connectivity index (χ3v) is 3.71. The Hall–Kier alpha value is -1.18. The molecular formula is C16H27NO5. The summed E-state index contributed by atoms with van der Waals surface area (Å²) in [7, 11) is 1.61. The molecule has 0 aliphatic rings. The van der Waals surface area contributed by atoms with Crippen LogP contribution in [0.1, 0.15) is 18.9 Å². The summed E-state index contributed by atoms with van der Waals surface area (Å²) in [6, 6.07) is 7.54. The Balaban J connectivity index is 2.32. The van der Waals surface area contributed by atoms with Gasteiger partial charge in [0.15, 0.2) is 0 Å². The number of nitrogens with one attached hydrogen (secondary N) is 1. The third kappa shape index (κ3) is 5.90. The lowest BCUT2D eigenvalue weighted by Crippen LogP contribution is -2.53. The van der Waals surface area contributed by atoms with Crippen LogP contribution in [0, 0.1) is 0 Å². The number of aliphatic hydroxyl groups excluding tert-OH is 3. The number of benzene rings is 1. The van der Waals surface area contributed by atoms with Crippen LogP contribution in [0.25, 0.3) is 0 Å². The molecule has 0 amide bonds. The molecule has 0 heterocycles. The minimum Gasteiger partial charge on any atom is -0.497 e. The molecule has 0 saturated heterocycles. The number of methoxy groups -OCH3 is 1. The lowest BCUT2D eigenvalue weighted by molar-refractivity contribution is 0.0154. The summed E-state index contributed by atoms with van der Waals surface area (Å²) in [6.45, 7) is 2.29. The van der Waals surface area contributed by atoms with Crippen LogP contribution in [-0.4, -0.2) is 60.4 Å². The van der Waals surface area contributed by atoms with Gasteiger partial charge in [-0.15, -0.1) is 0 Å². The molecular weight excluding hydrogens is 286 g/mol. The van der Waals surface area contributed by atoms with E-state index in [9.17, 15) is 15.3 Å². The minimum atomic E-state index is -0.756. The monoisotopic (exact) mass is 313 g/mol. The normalized spacial score (nSPS) is 13.1. The first-order valence-corrected chi connectivity index (χ1v) is 7.44. The smallest absolute Gasteiger partial charge is 0.119 e. The molecule has 1 atom stereocenters. The van der Waals surface area contributed by atoms with Crippen molar-refractivity contribution in [3.8, 4) is 5.75 Å². The van der Waals surface area contributed by atoms with Gasteiger partial charge < -0.3 is 30.1 Å². The van der Waals surface area contributed by atoms with Crippen molar-refractivity contribution in [3.05, 3.63) is 29.8 Å². The number of hydrogen-bond acceptors (Lipinski definition) is 6. The third-order valence-electron chi connectivity index (χ3n) is 3.71. The van der Waals surface area contributed by atoms with Crippen molar-refractivity contribution in [2.75, 3.05) is 33.5 Å². The molecule has 126 valence electrons. The topological polar surface area (TPSA) is 91.2 Å². The number of aliphatic hydroxyl groups is 3. The molecule has 0 aliphatic heterocycles. The molecule has 6 nitrogen and oxygen atoms in total. The van der Waals surface area contributed by atoms with E-state index in [0.717, 1.165) is 11.3 Å². The summed E-state index contributed by atoms with van der Waals surface area (Å²) in [5.74, 6) is 0.766. The second-order valence-electron chi connectivity index (χ2n) is 5.35. The predicted molar refractivity (Wildman–Crippen MR) is 83.9 cm³/mol. The Kier molecular flexibility index (Phi) is 8.37. The molecule has 4 N–H and O–H groups in total. The van der Waals surface area contributed by atoms with E-state index in [2.05, 4.69) is 5.32 Å². The quantitative estimate of drug-likeness (QED) is 0.470. The van der Waals surface area contributed by atoms with Gasteiger partial charge in [0.25, 0.3) is 0 Å². The van der Waals surface area contributed by atoms with Gasteiger partial charge in [-0.25, -0.2) is 0 Å². The van der Waals surface area contributed by atoms with E-state index in [0.29, 0.717) is 13.0 Å². The number of hydrogen-bond donors (Lipinski definition) is 4. The molecule has 0 fully saturated rings. The van der Waals surface area contributed by atoms with E-state index in [4.69, 9.17) is 9.47 Å². The molecule has 0 radical (unpaired) electrons. The average Bonchev–Trinajstić information content (AvgIpc) is 2.57. The van der Waals surface area contributed by atoms with Crippen molar-refractivity contribution < 1.29 is 24.8 Å². The fourth-order valence-corrected chi connectivity index (χ4v) is 1.98. The molecule has 6 heteroatoms. The van der Waals surface area contributed by atoms with E-state index in [-0.39, 0.29) is 26.4 Å². The molecule has 0 aliphatic carbocycles. The Morgan fingerprint density at radius 2 is 2.00 bits per heavy atom. The molecule has 0 saturated carbocycles. The maximum absolute atomic E-state index is 9.90. The van der Waals surface area contributed by atoms with E-state index in [1.54, 1.807) is 7.11 Å². The highest BCUT2D eigenvalue weighted by Gasteiger charge is 2.26. The first-order valence-electron chi connectivity index (χ1n) is 7.44. The highest BCUT2D eigenvalue weighted by atomic mass is 16.5. The SMILES string of the molecule is CCC(CO)(CO)NC[C@@H](O)COCc1cccc(OC)c1. The zero-order valence-electron chi connectivity index (χ0n) is 13.3. The molecule has 22 heavy (non-hydrogen) atoms. The van der Waals surface area contributed by atoms with Crippen LogP contribution in [-0.2, 0) is 11.3 Å². The molecule has 0 unspecified atom stereocenters. The van der Waals surface area contributed by atoms with E-state index in [1.807, 2.05) is 31.2 Å². The van der Waals surface area contributed by atoms with Gasteiger partial charge >= 0.3 is 0 Å². The number of rotatable bonds is 11. The van der Waals surface area contributed by atoms with E-state index in [1.165, 1.54) is 0 Å². The fraction of sp³-hybridized carbons (Fsp3) is 0.625. The van der Waals surface area contributed by atoms with Crippen LogP contribution >= 0.6 is 0 Å². The highest BCUT2D eigenvalue weighted by Crippen LogP contribution is 2.13. The van der Waals surface area contributed by atoms with E-state index < -0.39 is 11.6 Å². The predicted octanol–water partition coefficient (Wildman–Crippen LogP) is 0.296. The van der Waals surface area contributed by atoms with Gasteiger partial charge in [-0.2, -0.15) is 0 Å². The minimum absolute atomic E-state index is 0.168. The van der Waals surface area contributed by atoms with Crippen molar-refractivity contribution in [2.24, 2.45) is 0 Å². The van der Waals surface area contributed by atoms with Crippen molar-refractivity contribution in [1.82, 2.24) is 5.32 Å². The van der Waals surface area contributed by atoms with Crippen LogP contribution in [0.3, 0.4) is 0 Å². The summed E-state index contributed by atoms with van der Waals surface area (Å²) >= 11 is 0. The first-order chi connectivity index (χ1) is 10.6. The first kappa shape index (κ1) is 18.9. The zero-order chi connectivity index (χ0) is 16.4. The average molecular weight is 313 g/mol.